The number of likely N-dealkylation sites (tertiary alicyclic amines) is 1. The van der Waals surface area contributed by atoms with Crippen LogP contribution in [-0.2, 0) is 4.79 Å². The predicted octanol–water partition coefficient (Wildman–Crippen LogP) is 4.50. The zero-order valence-electron chi connectivity index (χ0n) is 14.2. The molecule has 0 spiro atoms. The van der Waals surface area contributed by atoms with E-state index in [1.807, 2.05) is 24.3 Å². The van der Waals surface area contributed by atoms with Gasteiger partial charge in [-0.2, -0.15) is 0 Å². The lowest BCUT2D eigenvalue weighted by Gasteiger charge is -2.33. The number of carbonyl (C=O) groups is 1. The lowest BCUT2D eigenvalue weighted by Crippen LogP contribution is -2.40. The third-order valence-electron chi connectivity index (χ3n) is 5.62. The van der Waals surface area contributed by atoms with Crippen molar-refractivity contribution in [2.24, 2.45) is 5.92 Å². The van der Waals surface area contributed by atoms with Crippen LogP contribution < -0.4 is 0 Å². The number of hydrogen-bond donors (Lipinski definition) is 0. The number of hydrogen-bond acceptors (Lipinski definition) is 3. The summed E-state index contributed by atoms with van der Waals surface area (Å²) in [7, 11) is 0. The molecule has 2 aromatic rings. The van der Waals surface area contributed by atoms with Gasteiger partial charge in [-0.1, -0.05) is 31.4 Å². The van der Waals surface area contributed by atoms with Gasteiger partial charge >= 0.3 is 0 Å². The Kier molecular flexibility index (Phi) is 4.54. The lowest BCUT2D eigenvalue weighted by atomic mass is 9.86. The summed E-state index contributed by atoms with van der Waals surface area (Å²) < 4.78 is 5.94. The maximum absolute atomic E-state index is 12.7. The Bertz CT molecular complexity index is 669. The molecule has 0 N–H and O–H groups in total. The first-order valence-corrected chi connectivity index (χ1v) is 9.43. The van der Waals surface area contributed by atoms with Crippen molar-refractivity contribution in [3.05, 3.63) is 30.2 Å². The second kappa shape index (κ2) is 6.96. The van der Waals surface area contributed by atoms with Crippen LogP contribution in [0.5, 0.6) is 0 Å². The van der Waals surface area contributed by atoms with E-state index in [1.54, 1.807) is 0 Å². The van der Waals surface area contributed by atoms with Gasteiger partial charge in [0, 0.05) is 19.5 Å². The van der Waals surface area contributed by atoms with E-state index in [9.17, 15) is 4.79 Å². The van der Waals surface area contributed by atoms with Crippen molar-refractivity contribution in [3.63, 3.8) is 0 Å². The van der Waals surface area contributed by atoms with Gasteiger partial charge in [-0.3, -0.25) is 4.79 Å². The molecule has 1 aromatic carbocycles. The molecule has 1 aromatic heterocycles. The average Bonchev–Trinajstić information content (AvgIpc) is 3.07. The summed E-state index contributed by atoms with van der Waals surface area (Å²) in [5, 5.41) is 0. The van der Waals surface area contributed by atoms with Gasteiger partial charge in [-0.15, -0.1) is 0 Å². The molecule has 1 atom stereocenters. The number of carbonyl (C=O) groups excluding carboxylic acids is 1. The Morgan fingerprint density at radius 1 is 1.12 bits per heavy atom. The maximum atomic E-state index is 12.7. The van der Waals surface area contributed by atoms with Crippen molar-refractivity contribution >= 4 is 17.0 Å². The molecule has 0 radical (unpaired) electrons. The van der Waals surface area contributed by atoms with Gasteiger partial charge in [0.2, 0.25) is 5.91 Å². The number of amides is 1. The van der Waals surface area contributed by atoms with E-state index in [-0.39, 0.29) is 5.92 Å². The van der Waals surface area contributed by atoms with Gasteiger partial charge in [0.1, 0.15) is 5.52 Å². The van der Waals surface area contributed by atoms with Crippen molar-refractivity contribution in [2.75, 3.05) is 13.1 Å². The highest BCUT2D eigenvalue weighted by Gasteiger charge is 2.29. The topological polar surface area (TPSA) is 46.3 Å². The minimum Gasteiger partial charge on any atom is -0.440 e. The number of aromatic nitrogens is 1. The summed E-state index contributed by atoms with van der Waals surface area (Å²) in [4.78, 5) is 19.4. The van der Waals surface area contributed by atoms with E-state index in [4.69, 9.17) is 4.42 Å². The summed E-state index contributed by atoms with van der Waals surface area (Å²) in [6, 6.07) is 7.89. The third-order valence-corrected chi connectivity index (χ3v) is 5.62. The average molecular weight is 326 g/mol. The quantitative estimate of drug-likeness (QED) is 0.834. The molecular formula is C20H26N2O2. The van der Waals surface area contributed by atoms with Crippen LogP contribution in [0, 0.1) is 5.92 Å². The monoisotopic (exact) mass is 326 g/mol. The zero-order valence-corrected chi connectivity index (χ0v) is 14.2. The minimum absolute atomic E-state index is 0.237. The molecule has 4 nitrogen and oxygen atoms in total. The first kappa shape index (κ1) is 15.7. The highest BCUT2D eigenvalue weighted by Crippen LogP contribution is 2.31. The molecular weight excluding hydrogens is 300 g/mol. The van der Waals surface area contributed by atoms with E-state index < -0.39 is 0 Å². The van der Waals surface area contributed by atoms with Crippen LogP contribution in [0.4, 0.5) is 0 Å². The molecule has 24 heavy (non-hydrogen) atoms. The summed E-state index contributed by atoms with van der Waals surface area (Å²) in [6.45, 7) is 1.65. The van der Waals surface area contributed by atoms with E-state index in [1.165, 1.54) is 32.1 Å². The SMILES string of the molecule is O=C(CC1CCCCC1)N1CCCC(c2nc3ccccc3o2)C1. The van der Waals surface area contributed by atoms with Gasteiger partial charge in [-0.05, 0) is 43.7 Å². The summed E-state index contributed by atoms with van der Waals surface area (Å²) >= 11 is 0. The van der Waals surface area contributed by atoms with E-state index >= 15 is 0 Å². The maximum Gasteiger partial charge on any atom is 0.222 e. The number of oxazole rings is 1. The molecule has 1 unspecified atom stereocenters. The number of nitrogens with zero attached hydrogens (tertiary/aromatic N) is 2. The number of rotatable bonds is 3. The van der Waals surface area contributed by atoms with Crippen molar-refractivity contribution in [1.29, 1.82) is 0 Å². The van der Waals surface area contributed by atoms with Crippen molar-refractivity contribution in [3.8, 4) is 0 Å². The van der Waals surface area contributed by atoms with Gasteiger partial charge in [0.15, 0.2) is 11.5 Å². The van der Waals surface area contributed by atoms with E-state index in [2.05, 4.69) is 9.88 Å². The smallest absolute Gasteiger partial charge is 0.222 e. The van der Waals surface area contributed by atoms with Crippen LogP contribution >= 0.6 is 0 Å². The van der Waals surface area contributed by atoms with Crippen molar-refractivity contribution in [2.45, 2.75) is 57.3 Å². The highest BCUT2D eigenvalue weighted by atomic mass is 16.3. The summed E-state index contributed by atoms with van der Waals surface area (Å²) in [6.07, 6.45) is 9.23. The van der Waals surface area contributed by atoms with Gasteiger partial charge in [-0.25, -0.2) is 4.98 Å². The number of benzene rings is 1. The van der Waals surface area contributed by atoms with Crippen LogP contribution in [0.2, 0.25) is 0 Å². The molecule has 1 saturated heterocycles. The Morgan fingerprint density at radius 2 is 1.96 bits per heavy atom. The molecule has 2 heterocycles. The summed E-state index contributed by atoms with van der Waals surface area (Å²) in [5.74, 6) is 1.98. The Hall–Kier alpha value is -1.84. The van der Waals surface area contributed by atoms with Crippen LogP contribution in [0.15, 0.2) is 28.7 Å². The Labute approximate surface area is 143 Å². The van der Waals surface area contributed by atoms with Crippen molar-refractivity contribution in [1.82, 2.24) is 9.88 Å². The second-order valence-electron chi connectivity index (χ2n) is 7.41. The lowest BCUT2D eigenvalue weighted by molar-refractivity contribution is -0.133. The van der Waals surface area contributed by atoms with Crippen LogP contribution in [-0.4, -0.2) is 28.9 Å². The largest absolute Gasteiger partial charge is 0.440 e. The molecule has 1 aliphatic heterocycles. The molecule has 2 fully saturated rings. The fraction of sp³-hybridized carbons (Fsp3) is 0.600. The van der Waals surface area contributed by atoms with Crippen molar-refractivity contribution < 1.29 is 9.21 Å². The summed E-state index contributed by atoms with van der Waals surface area (Å²) in [5.41, 5.74) is 1.76. The number of piperidine rings is 1. The fourth-order valence-corrected chi connectivity index (χ4v) is 4.24. The van der Waals surface area contributed by atoms with E-state index in [0.29, 0.717) is 11.8 Å². The minimum atomic E-state index is 0.237. The molecule has 0 bridgehead atoms. The molecule has 2 aliphatic rings. The predicted molar refractivity (Wildman–Crippen MR) is 93.8 cm³/mol. The first-order chi connectivity index (χ1) is 11.8. The number of para-hydroxylation sites is 2. The third kappa shape index (κ3) is 3.33. The molecule has 128 valence electrons. The molecule has 1 aliphatic carbocycles. The first-order valence-electron chi connectivity index (χ1n) is 9.43. The van der Waals surface area contributed by atoms with E-state index in [0.717, 1.165) is 49.3 Å². The van der Waals surface area contributed by atoms with Gasteiger partial charge < -0.3 is 9.32 Å². The van der Waals surface area contributed by atoms with Gasteiger partial charge in [0.05, 0.1) is 5.92 Å². The molecule has 1 amide bonds. The highest BCUT2D eigenvalue weighted by molar-refractivity contribution is 5.76. The van der Waals surface area contributed by atoms with Crippen LogP contribution in [0.1, 0.15) is 63.2 Å². The Balaban J connectivity index is 1.42. The Morgan fingerprint density at radius 3 is 2.79 bits per heavy atom. The molecule has 4 rings (SSSR count). The van der Waals surface area contributed by atoms with Crippen LogP contribution in [0.25, 0.3) is 11.1 Å². The normalized spacial score (nSPS) is 22.8. The molecule has 1 saturated carbocycles. The second-order valence-corrected chi connectivity index (χ2v) is 7.41. The zero-order chi connectivity index (χ0) is 16.4. The standard InChI is InChI=1S/C20H26N2O2/c23-19(13-15-7-2-1-3-8-15)22-12-6-9-16(14-22)20-21-17-10-4-5-11-18(17)24-20/h4-5,10-11,15-16H,1-3,6-9,12-14H2. The molecule has 4 heteroatoms. The fourth-order valence-electron chi connectivity index (χ4n) is 4.24. The van der Waals surface area contributed by atoms with Crippen LogP contribution in [0.3, 0.4) is 0 Å². The van der Waals surface area contributed by atoms with Gasteiger partial charge in [0.25, 0.3) is 0 Å². The number of fused-ring (bicyclic) bond motifs is 1.